The molecule has 0 unspecified atom stereocenters. The Balaban J connectivity index is 1.88. The molecule has 1 aromatic heterocycles. The first-order valence-electron chi connectivity index (χ1n) is 7.13. The number of carbonyl (C=O) groups excluding carboxylic acids is 1. The van der Waals surface area contributed by atoms with E-state index in [2.05, 4.69) is 10.5 Å². The van der Waals surface area contributed by atoms with E-state index in [-0.39, 0.29) is 23.6 Å². The fraction of sp³-hybridized carbons (Fsp3) is 0.375. The predicted molar refractivity (Wildman–Crippen MR) is 80.8 cm³/mol. The first kappa shape index (κ1) is 17.8. The summed E-state index contributed by atoms with van der Waals surface area (Å²) >= 11 is 0. The number of carbonyl (C=O) groups is 1. The summed E-state index contributed by atoms with van der Waals surface area (Å²) in [6, 6.07) is 5.70. The predicted octanol–water partition coefficient (Wildman–Crippen LogP) is 4.01. The zero-order chi connectivity index (χ0) is 18.0. The molecule has 0 saturated heterocycles. The maximum absolute atomic E-state index is 12.4. The number of aromatic nitrogens is 1. The average Bonchev–Trinajstić information content (AvgIpc) is 2.93. The first-order chi connectivity index (χ1) is 11.1. The van der Waals surface area contributed by atoms with Gasteiger partial charge in [0, 0.05) is 11.5 Å². The summed E-state index contributed by atoms with van der Waals surface area (Å²) < 4.78 is 47.6. The van der Waals surface area contributed by atoms with Crippen LogP contribution in [0, 0.1) is 0 Å². The van der Waals surface area contributed by atoms with Crippen LogP contribution in [0.2, 0.25) is 0 Å². The van der Waals surface area contributed by atoms with Crippen LogP contribution in [-0.2, 0) is 16.4 Å². The van der Waals surface area contributed by atoms with E-state index >= 15 is 0 Å². The summed E-state index contributed by atoms with van der Waals surface area (Å²) in [4.78, 5) is 11.8. The number of nitrogens with one attached hydrogen (secondary N) is 1. The second-order valence-electron chi connectivity index (χ2n) is 6.19. The largest absolute Gasteiger partial charge is 0.484 e. The highest BCUT2D eigenvalue weighted by atomic mass is 19.4. The van der Waals surface area contributed by atoms with Crippen molar-refractivity contribution in [3.8, 4) is 5.75 Å². The molecule has 130 valence electrons. The van der Waals surface area contributed by atoms with Crippen LogP contribution in [0.25, 0.3) is 0 Å². The molecule has 0 bridgehead atoms. The van der Waals surface area contributed by atoms with Crippen LogP contribution < -0.4 is 10.1 Å². The number of benzene rings is 1. The van der Waals surface area contributed by atoms with Crippen molar-refractivity contribution in [1.82, 2.24) is 5.16 Å². The third-order valence-electron chi connectivity index (χ3n) is 3.07. The molecule has 8 heteroatoms. The minimum atomic E-state index is -4.41. The number of nitrogens with zero attached hydrogens (tertiary/aromatic N) is 1. The first-order valence-corrected chi connectivity index (χ1v) is 7.13. The molecule has 1 N–H and O–H groups in total. The molecule has 1 heterocycles. The van der Waals surface area contributed by atoms with Crippen LogP contribution >= 0.6 is 0 Å². The van der Waals surface area contributed by atoms with E-state index in [4.69, 9.17) is 9.26 Å². The van der Waals surface area contributed by atoms with E-state index in [9.17, 15) is 18.0 Å². The summed E-state index contributed by atoms with van der Waals surface area (Å²) in [5, 5.41) is 6.22. The van der Waals surface area contributed by atoms with Gasteiger partial charge in [-0.25, -0.2) is 0 Å². The highest BCUT2D eigenvalue weighted by Crippen LogP contribution is 2.30. The Morgan fingerprint density at radius 1 is 1.21 bits per heavy atom. The lowest BCUT2D eigenvalue weighted by molar-refractivity contribution is -0.137. The fourth-order valence-corrected chi connectivity index (χ4v) is 1.76. The van der Waals surface area contributed by atoms with Crippen LogP contribution in [0.15, 0.2) is 34.9 Å². The van der Waals surface area contributed by atoms with Gasteiger partial charge in [-0.1, -0.05) is 25.9 Å². The second-order valence-corrected chi connectivity index (χ2v) is 6.19. The minimum Gasteiger partial charge on any atom is -0.484 e. The van der Waals surface area contributed by atoms with Crippen molar-refractivity contribution < 1.29 is 27.2 Å². The number of halogens is 3. The summed E-state index contributed by atoms with van der Waals surface area (Å²) in [7, 11) is 0. The lowest BCUT2D eigenvalue weighted by Crippen LogP contribution is -2.20. The number of amides is 1. The molecule has 5 nitrogen and oxygen atoms in total. The molecule has 0 aliphatic carbocycles. The van der Waals surface area contributed by atoms with Crippen molar-refractivity contribution in [2.75, 3.05) is 11.9 Å². The third kappa shape index (κ3) is 4.74. The number of alkyl halides is 3. The third-order valence-corrected chi connectivity index (χ3v) is 3.07. The van der Waals surface area contributed by atoms with Gasteiger partial charge in [-0.05, 0) is 24.3 Å². The molecule has 1 amide bonds. The smallest absolute Gasteiger partial charge is 0.416 e. The molecule has 0 aliphatic rings. The number of anilines is 1. The van der Waals surface area contributed by atoms with Crippen LogP contribution in [0.4, 0.5) is 19.0 Å². The molecule has 24 heavy (non-hydrogen) atoms. The van der Waals surface area contributed by atoms with Gasteiger partial charge in [-0.15, -0.1) is 0 Å². The highest BCUT2D eigenvalue weighted by Gasteiger charge is 2.30. The maximum Gasteiger partial charge on any atom is 0.416 e. The zero-order valence-corrected chi connectivity index (χ0v) is 13.4. The van der Waals surface area contributed by atoms with Gasteiger partial charge < -0.3 is 14.6 Å². The van der Waals surface area contributed by atoms with Crippen molar-refractivity contribution in [1.29, 1.82) is 0 Å². The Morgan fingerprint density at radius 3 is 2.33 bits per heavy atom. The molecule has 0 saturated carbocycles. The lowest BCUT2D eigenvalue weighted by Gasteiger charge is -2.12. The summed E-state index contributed by atoms with van der Waals surface area (Å²) in [5.74, 6) is 0.528. The Labute approximate surface area is 136 Å². The molecule has 0 spiro atoms. The second kappa shape index (κ2) is 6.54. The van der Waals surface area contributed by atoms with Gasteiger partial charge in [0.1, 0.15) is 11.5 Å². The van der Waals surface area contributed by atoms with E-state index in [0.29, 0.717) is 5.76 Å². The lowest BCUT2D eigenvalue weighted by atomic mass is 9.93. The van der Waals surface area contributed by atoms with Gasteiger partial charge in [0.25, 0.3) is 5.91 Å². The Morgan fingerprint density at radius 2 is 1.83 bits per heavy atom. The van der Waals surface area contributed by atoms with E-state index in [1.165, 1.54) is 0 Å². The zero-order valence-electron chi connectivity index (χ0n) is 13.4. The van der Waals surface area contributed by atoms with E-state index in [1.807, 2.05) is 20.8 Å². The molecule has 2 aromatic rings. The standard InChI is InChI=1S/C16H17F3N2O3/c1-15(2,3)12-8-13(21-24-12)20-14(22)9-23-11-6-4-10(5-7-11)16(17,18)19/h4-8H,9H2,1-3H3,(H,20,21,22). The number of rotatable bonds is 4. The monoisotopic (exact) mass is 342 g/mol. The van der Waals surface area contributed by atoms with Crippen LogP contribution in [0.1, 0.15) is 32.1 Å². The molecular formula is C16H17F3N2O3. The average molecular weight is 342 g/mol. The van der Waals surface area contributed by atoms with Crippen molar-refractivity contribution in [3.05, 3.63) is 41.7 Å². The van der Waals surface area contributed by atoms with Crippen molar-refractivity contribution in [2.24, 2.45) is 0 Å². The number of hydrogen-bond acceptors (Lipinski definition) is 4. The van der Waals surface area contributed by atoms with E-state index in [1.54, 1.807) is 6.07 Å². The summed E-state index contributed by atoms with van der Waals surface area (Å²) in [5.41, 5.74) is -1.02. The number of hydrogen-bond donors (Lipinski definition) is 1. The molecule has 1 aromatic carbocycles. The number of ether oxygens (including phenoxy) is 1. The molecule has 0 atom stereocenters. The van der Waals surface area contributed by atoms with Gasteiger partial charge in [-0.2, -0.15) is 13.2 Å². The Bertz CT molecular complexity index is 701. The van der Waals surface area contributed by atoms with Gasteiger partial charge >= 0.3 is 6.18 Å². The van der Waals surface area contributed by atoms with Gasteiger partial charge in [0.15, 0.2) is 12.4 Å². The molecule has 2 rings (SSSR count). The molecular weight excluding hydrogens is 325 g/mol. The van der Waals surface area contributed by atoms with Crippen LogP contribution in [0.5, 0.6) is 5.75 Å². The Kier molecular flexibility index (Phi) is 4.86. The fourth-order valence-electron chi connectivity index (χ4n) is 1.76. The quantitative estimate of drug-likeness (QED) is 0.912. The van der Waals surface area contributed by atoms with Crippen LogP contribution in [0.3, 0.4) is 0 Å². The van der Waals surface area contributed by atoms with Gasteiger partial charge in [-0.3, -0.25) is 4.79 Å². The Hall–Kier alpha value is -2.51. The van der Waals surface area contributed by atoms with Crippen molar-refractivity contribution in [2.45, 2.75) is 32.4 Å². The summed E-state index contributed by atoms with van der Waals surface area (Å²) in [6.45, 7) is 5.45. The highest BCUT2D eigenvalue weighted by molar-refractivity contribution is 5.90. The summed E-state index contributed by atoms with van der Waals surface area (Å²) in [6.07, 6.45) is -4.41. The van der Waals surface area contributed by atoms with Crippen molar-refractivity contribution in [3.63, 3.8) is 0 Å². The minimum absolute atomic E-state index is 0.161. The van der Waals surface area contributed by atoms with Gasteiger partial charge in [0.2, 0.25) is 0 Å². The van der Waals surface area contributed by atoms with E-state index in [0.717, 1.165) is 24.3 Å². The SMILES string of the molecule is CC(C)(C)c1cc(NC(=O)COc2ccc(C(F)(F)F)cc2)no1. The van der Waals surface area contributed by atoms with Gasteiger partial charge in [0.05, 0.1) is 5.56 Å². The topological polar surface area (TPSA) is 64.4 Å². The molecule has 0 fully saturated rings. The normalized spacial score (nSPS) is 12.1. The molecule has 0 radical (unpaired) electrons. The van der Waals surface area contributed by atoms with Crippen molar-refractivity contribution >= 4 is 11.7 Å². The van der Waals surface area contributed by atoms with E-state index < -0.39 is 17.6 Å². The maximum atomic E-state index is 12.4. The molecule has 0 aliphatic heterocycles. The van der Waals surface area contributed by atoms with Crippen LogP contribution in [-0.4, -0.2) is 17.7 Å².